The minimum Gasteiger partial charge on any atom is -0.367 e. The highest BCUT2D eigenvalue weighted by molar-refractivity contribution is 5.78. The van der Waals surface area contributed by atoms with Crippen molar-refractivity contribution in [3.8, 4) is 0 Å². The van der Waals surface area contributed by atoms with Gasteiger partial charge in [-0.2, -0.15) is 0 Å². The van der Waals surface area contributed by atoms with Gasteiger partial charge in [0.15, 0.2) is 0 Å². The molecule has 3 N–H and O–H groups in total. The molecule has 9 nitrogen and oxygen atoms in total. The van der Waals surface area contributed by atoms with Gasteiger partial charge in [0.05, 0.1) is 12.1 Å². The molecule has 9 heteroatoms. The summed E-state index contributed by atoms with van der Waals surface area (Å²) < 4.78 is 0. The van der Waals surface area contributed by atoms with Crippen molar-refractivity contribution in [1.82, 2.24) is 25.1 Å². The molecule has 0 unspecified atom stereocenters. The van der Waals surface area contributed by atoms with Crippen molar-refractivity contribution in [3.05, 3.63) is 49.9 Å². The first kappa shape index (κ1) is 16.5. The predicted octanol–water partition coefficient (Wildman–Crippen LogP) is -0.403. The van der Waals surface area contributed by atoms with Gasteiger partial charge in [0.25, 0.3) is 11.1 Å². The number of nitrogens with one attached hydrogen (secondary N) is 3. The van der Waals surface area contributed by atoms with Gasteiger partial charge in [0.2, 0.25) is 5.91 Å². The zero-order chi connectivity index (χ0) is 18.1. The Hall–Kier alpha value is -2.97. The van der Waals surface area contributed by atoms with E-state index in [9.17, 15) is 14.4 Å². The molecule has 2 aromatic rings. The van der Waals surface area contributed by atoms with Gasteiger partial charge in [-0.05, 0) is 19.3 Å². The maximum atomic E-state index is 12.6. The van der Waals surface area contributed by atoms with Crippen LogP contribution in [0, 0.1) is 0 Å². The highest BCUT2D eigenvalue weighted by atomic mass is 16.2. The molecule has 1 amide bonds. The number of carbonyl (C=O) groups excluding carboxylic acids is 1. The summed E-state index contributed by atoms with van der Waals surface area (Å²) in [5.74, 6) is 0.705. The number of carbonyl (C=O) groups is 1. The number of aromatic amines is 2. The minimum absolute atomic E-state index is 0.0888. The van der Waals surface area contributed by atoms with E-state index in [1.807, 2.05) is 0 Å². The van der Waals surface area contributed by atoms with Gasteiger partial charge >= 0.3 is 0 Å². The van der Waals surface area contributed by atoms with E-state index >= 15 is 0 Å². The van der Waals surface area contributed by atoms with Crippen LogP contribution in [0.25, 0.3) is 0 Å². The van der Waals surface area contributed by atoms with Crippen LogP contribution in [0.1, 0.15) is 29.7 Å². The van der Waals surface area contributed by atoms with E-state index in [1.54, 1.807) is 11.2 Å². The summed E-state index contributed by atoms with van der Waals surface area (Å²) in [5, 5.41) is 7.88. The molecular formula is C17H20N6O3. The number of aromatic nitrogens is 4. The number of fused-ring (bicyclic) bond motifs is 1. The Kier molecular flexibility index (Phi) is 4.27. The number of hydrogen-bond donors (Lipinski definition) is 3. The fraction of sp³-hybridized carbons (Fsp3) is 0.471. The summed E-state index contributed by atoms with van der Waals surface area (Å²) in [6.07, 6.45) is 5.12. The van der Waals surface area contributed by atoms with Gasteiger partial charge in [-0.15, -0.1) is 0 Å². The molecule has 3 heterocycles. The summed E-state index contributed by atoms with van der Waals surface area (Å²) >= 11 is 0. The third-order valence-electron chi connectivity index (χ3n) is 4.79. The highest BCUT2D eigenvalue weighted by Crippen LogP contribution is 2.27. The number of rotatable bonds is 4. The van der Waals surface area contributed by atoms with Crippen molar-refractivity contribution < 1.29 is 4.79 Å². The van der Waals surface area contributed by atoms with E-state index in [-0.39, 0.29) is 17.9 Å². The summed E-state index contributed by atoms with van der Waals surface area (Å²) in [7, 11) is 0. The normalized spacial score (nSPS) is 16.7. The fourth-order valence-corrected chi connectivity index (χ4v) is 3.19. The molecule has 0 bridgehead atoms. The van der Waals surface area contributed by atoms with Crippen LogP contribution in [0.2, 0.25) is 0 Å². The van der Waals surface area contributed by atoms with Crippen LogP contribution in [0.5, 0.6) is 0 Å². The average molecular weight is 356 g/mol. The molecule has 0 aromatic carbocycles. The van der Waals surface area contributed by atoms with Crippen LogP contribution in [-0.2, 0) is 24.1 Å². The molecule has 2 aromatic heterocycles. The standard InChI is InChI=1S/C17H20N6O3/c24-14-7-10(17(26)22-21-14)8-15(25)23-5-3-12-13(4-6-23)18-9-19-16(12)20-11-1-2-11/h7,9,11H,1-6,8H2,(H,21,24)(H,22,26)(H,18,19,20). The molecular weight excluding hydrogens is 336 g/mol. The number of amides is 1. The molecule has 4 rings (SSSR count). The van der Waals surface area contributed by atoms with Gasteiger partial charge < -0.3 is 10.2 Å². The Labute approximate surface area is 148 Å². The van der Waals surface area contributed by atoms with E-state index in [4.69, 9.17) is 0 Å². The van der Waals surface area contributed by atoms with E-state index in [0.29, 0.717) is 32.0 Å². The van der Waals surface area contributed by atoms with Gasteiger partial charge in [-0.25, -0.2) is 9.97 Å². The van der Waals surface area contributed by atoms with Crippen LogP contribution in [0.4, 0.5) is 5.82 Å². The molecule has 0 spiro atoms. The van der Waals surface area contributed by atoms with E-state index < -0.39 is 11.1 Å². The summed E-state index contributed by atoms with van der Waals surface area (Å²) in [6.45, 7) is 1.08. The van der Waals surface area contributed by atoms with Crippen LogP contribution >= 0.6 is 0 Å². The molecule has 26 heavy (non-hydrogen) atoms. The molecule has 1 fully saturated rings. The van der Waals surface area contributed by atoms with Crippen LogP contribution in [-0.4, -0.2) is 50.1 Å². The largest absolute Gasteiger partial charge is 0.367 e. The molecule has 1 aliphatic heterocycles. The Bertz CT molecular complexity index is 946. The first-order valence-corrected chi connectivity index (χ1v) is 8.78. The fourth-order valence-electron chi connectivity index (χ4n) is 3.19. The highest BCUT2D eigenvalue weighted by Gasteiger charge is 2.26. The van der Waals surface area contributed by atoms with Gasteiger partial charge in [0, 0.05) is 42.7 Å². The second-order valence-corrected chi connectivity index (χ2v) is 6.74. The van der Waals surface area contributed by atoms with Gasteiger partial charge in [-0.1, -0.05) is 0 Å². The van der Waals surface area contributed by atoms with Gasteiger partial charge in [0.1, 0.15) is 12.1 Å². The monoisotopic (exact) mass is 356 g/mol. The van der Waals surface area contributed by atoms with Crippen molar-refractivity contribution in [3.63, 3.8) is 0 Å². The van der Waals surface area contributed by atoms with Crippen LogP contribution in [0.3, 0.4) is 0 Å². The molecule has 2 aliphatic rings. The number of H-pyrrole nitrogens is 2. The lowest BCUT2D eigenvalue weighted by Crippen LogP contribution is -2.36. The number of hydrogen-bond acceptors (Lipinski definition) is 6. The summed E-state index contributed by atoms with van der Waals surface area (Å²) in [4.78, 5) is 46.2. The number of anilines is 1. The molecule has 0 atom stereocenters. The molecule has 1 aliphatic carbocycles. The lowest BCUT2D eigenvalue weighted by atomic mass is 10.1. The van der Waals surface area contributed by atoms with Crippen molar-refractivity contribution in [2.24, 2.45) is 0 Å². The predicted molar refractivity (Wildman–Crippen MR) is 94.1 cm³/mol. The van der Waals surface area contributed by atoms with E-state index in [0.717, 1.165) is 29.9 Å². The smallest absolute Gasteiger partial charge is 0.266 e. The zero-order valence-corrected chi connectivity index (χ0v) is 14.2. The summed E-state index contributed by atoms with van der Waals surface area (Å²) in [5.41, 5.74) is 1.34. The zero-order valence-electron chi connectivity index (χ0n) is 14.2. The molecule has 1 saturated carbocycles. The molecule has 0 saturated heterocycles. The summed E-state index contributed by atoms with van der Waals surface area (Å²) in [6, 6.07) is 1.67. The van der Waals surface area contributed by atoms with E-state index in [2.05, 4.69) is 25.5 Å². The first-order chi connectivity index (χ1) is 12.6. The van der Waals surface area contributed by atoms with Crippen molar-refractivity contribution in [1.29, 1.82) is 0 Å². The van der Waals surface area contributed by atoms with Crippen LogP contribution in [0.15, 0.2) is 22.0 Å². The number of nitrogens with zero attached hydrogens (tertiary/aromatic N) is 3. The Morgan fingerprint density at radius 3 is 2.81 bits per heavy atom. The lowest BCUT2D eigenvalue weighted by molar-refractivity contribution is -0.130. The van der Waals surface area contributed by atoms with Crippen molar-refractivity contribution >= 4 is 11.7 Å². The van der Waals surface area contributed by atoms with Crippen LogP contribution < -0.4 is 16.4 Å². The Morgan fingerprint density at radius 2 is 2.00 bits per heavy atom. The van der Waals surface area contributed by atoms with Crippen molar-refractivity contribution in [2.45, 2.75) is 38.1 Å². The molecule has 136 valence electrons. The Balaban J connectivity index is 1.48. The average Bonchev–Trinajstić information content (AvgIpc) is 3.44. The maximum absolute atomic E-state index is 12.6. The molecule has 0 radical (unpaired) electrons. The van der Waals surface area contributed by atoms with E-state index in [1.165, 1.54) is 6.07 Å². The SMILES string of the molecule is O=C(Cc1cc(=O)[nH][nH]c1=O)N1CCc2ncnc(NC3CC3)c2CC1. The van der Waals surface area contributed by atoms with Gasteiger partial charge in [-0.3, -0.25) is 24.6 Å². The second-order valence-electron chi connectivity index (χ2n) is 6.74. The minimum atomic E-state index is -0.446. The third-order valence-corrected chi connectivity index (χ3v) is 4.79. The Morgan fingerprint density at radius 1 is 1.19 bits per heavy atom. The second kappa shape index (κ2) is 6.74. The first-order valence-electron chi connectivity index (χ1n) is 8.78. The quantitative estimate of drug-likeness (QED) is 0.685. The van der Waals surface area contributed by atoms with Crippen molar-refractivity contribution in [2.75, 3.05) is 18.4 Å². The lowest BCUT2D eigenvalue weighted by Gasteiger charge is -2.20. The third kappa shape index (κ3) is 3.51. The maximum Gasteiger partial charge on any atom is 0.266 e. The topological polar surface area (TPSA) is 124 Å².